The molecule has 0 radical (unpaired) electrons. The van der Waals surface area contributed by atoms with Crippen molar-refractivity contribution in [3.63, 3.8) is 0 Å². The van der Waals surface area contributed by atoms with Gasteiger partial charge in [-0.2, -0.15) is 5.10 Å². The van der Waals surface area contributed by atoms with Gasteiger partial charge in [0.25, 0.3) is 0 Å². The Morgan fingerprint density at radius 1 is 1.33 bits per heavy atom. The first-order valence-corrected chi connectivity index (χ1v) is 6.11. The second-order valence-electron chi connectivity index (χ2n) is 4.45. The Hall–Kier alpha value is -1.92. The van der Waals surface area contributed by atoms with Crippen LogP contribution in [-0.2, 0) is 11.3 Å². The lowest BCUT2D eigenvalue weighted by atomic mass is 10.2. The molecule has 7 nitrogen and oxygen atoms in total. The Kier molecular flexibility index (Phi) is 3.91. The third-order valence-corrected chi connectivity index (χ3v) is 3.09. The summed E-state index contributed by atoms with van der Waals surface area (Å²) in [5.41, 5.74) is -0.0846. The molecule has 0 saturated carbocycles. The van der Waals surface area contributed by atoms with Gasteiger partial charge in [0.15, 0.2) is 0 Å². The van der Waals surface area contributed by atoms with Crippen molar-refractivity contribution in [1.29, 1.82) is 0 Å². The molecule has 1 aromatic heterocycles. The van der Waals surface area contributed by atoms with Crippen LogP contribution in [0.1, 0.15) is 25.7 Å². The van der Waals surface area contributed by atoms with Crippen molar-refractivity contribution in [2.24, 2.45) is 0 Å². The average molecular weight is 252 g/mol. The van der Waals surface area contributed by atoms with Crippen molar-refractivity contribution >= 4 is 11.6 Å². The predicted molar refractivity (Wildman–Crippen MR) is 63.9 cm³/mol. The van der Waals surface area contributed by atoms with Gasteiger partial charge in [0.1, 0.15) is 18.9 Å². The minimum absolute atomic E-state index is 0.0186. The summed E-state index contributed by atoms with van der Waals surface area (Å²) >= 11 is 0. The Labute approximate surface area is 105 Å². The topological polar surface area (TPSA) is 81.3 Å². The summed E-state index contributed by atoms with van der Waals surface area (Å²) in [6, 6.07) is 0. The summed E-state index contributed by atoms with van der Waals surface area (Å²) in [5.74, 6) is -0.0186. The molecule has 1 aliphatic heterocycles. The van der Waals surface area contributed by atoms with Crippen LogP contribution in [0, 0.1) is 10.1 Å². The van der Waals surface area contributed by atoms with E-state index in [1.807, 2.05) is 4.90 Å². The van der Waals surface area contributed by atoms with Crippen molar-refractivity contribution in [3.05, 3.63) is 22.5 Å². The fourth-order valence-electron chi connectivity index (χ4n) is 2.09. The highest BCUT2D eigenvalue weighted by molar-refractivity contribution is 5.75. The van der Waals surface area contributed by atoms with E-state index in [0.717, 1.165) is 45.0 Å². The van der Waals surface area contributed by atoms with Gasteiger partial charge >= 0.3 is 5.69 Å². The number of nitro groups is 1. The van der Waals surface area contributed by atoms with Crippen LogP contribution >= 0.6 is 0 Å². The van der Waals surface area contributed by atoms with E-state index < -0.39 is 4.92 Å². The lowest BCUT2D eigenvalue weighted by molar-refractivity contribution is -0.385. The van der Waals surface area contributed by atoms with Crippen LogP contribution in [0.15, 0.2) is 12.4 Å². The first-order valence-electron chi connectivity index (χ1n) is 6.11. The normalized spacial score (nSPS) is 16.3. The molecule has 98 valence electrons. The maximum atomic E-state index is 12.0. The zero-order chi connectivity index (χ0) is 13.0. The SMILES string of the molecule is O=C(Cn1cc([N+](=O)[O-])cn1)N1CCCCCC1. The number of hydrogen-bond acceptors (Lipinski definition) is 4. The van der Waals surface area contributed by atoms with Crippen molar-refractivity contribution in [3.8, 4) is 0 Å². The lowest BCUT2D eigenvalue weighted by Gasteiger charge is -2.19. The van der Waals surface area contributed by atoms with Crippen LogP contribution in [-0.4, -0.2) is 38.6 Å². The molecule has 0 spiro atoms. The van der Waals surface area contributed by atoms with Gasteiger partial charge in [-0.1, -0.05) is 12.8 Å². The van der Waals surface area contributed by atoms with E-state index in [-0.39, 0.29) is 18.1 Å². The highest BCUT2D eigenvalue weighted by atomic mass is 16.6. The Balaban J connectivity index is 1.94. The molecule has 0 unspecified atom stereocenters. The molecule has 0 aliphatic carbocycles. The first-order chi connectivity index (χ1) is 8.66. The molecule has 1 amide bonds. The third kappa shape index (κ3) is 3.06. The van der Waals surface area contributed by atoms with Gasteiger partial charge in [0.05, 0.1) is 4.92 Å². The van der Waals surface area contributed by atoms with Gasteiger partial charge < -0.3 is 4.90 Å². The van der Waals surface area contributed by atoms with Crippen LogP contribution < -0.4 is 0 Å². The number of carbonyl (C=O) groups is 1. The van der Waals surface area contributed by atoms with Crippen molar-refractivity contribution in [1.82, 2.24) is 14.7 Å². The Bertz CT molecular complexity index is 435. The van der Waals surface area contributed by atoms with Gasteiger partial charge in [-0.25, -0.2) is 0 Å². The molecule has 0 aromatic carbocycles. The molecule has 1 fully saturated rings. The van der Waals surface area contributed by atoms with Crippen molar-refractivity contribution in [2.75, 3.05) is 13.1 Å². The van der Waals surface area contributed by atoms with Crippen LogP contribution in [0.25, 0.3) is 0 Å². The summed E-state index contributed by atoms with van der Waals surface area (Å²) in [5, 5.41) is 14.3. The fraction of sp³-hybridized carbons (Fsp3) is 0.636. The highest BCUT2D eigenvalue weighted by Gasteiger charge is 2.17. The van der Waals surface area contributed by atoms with E-state index in [9.17, 15) is 14.9 Å². The molecule has 0 bridgehead atoms. The van der Waals surface area contributed by atoms with Gasteiger partial charge in [0, 0.05) is 13.1 Å². The summed E-state index contributed by atoms with van der Waals surface area (Å²) < 4.78 is 1.32. The molecule has 2 heterocycles. The van der Waals surface area contributed by atoms with Crippen LogP contribution in [0.5, 0.6) is 0 Å². The number of carbonyl (C=O) groups excluding carboxylic acids is 1. The standard InChI is InChI=1S/C11H16N4O3/c16-11(13-5-3-1-2-4-6-13)9-14-8-10(7-12-14)15(17)18/h7-8H,1-6,9H2. The molecular formula is C11H16N4O3. The summed E-state index contributed by atoms with van der Waals surface area (Å²) in [4.78, 5) is 23.8. The maximum Gasteiger partial charge on any atom is 0.307 e. The number of hydrogen-bond donors (Lipinski definition) is 0. The van der Waals surface area contributed by atoms with E-state index >= 15 is 0 Å². The van der Waals surface area contributed by atoms with E-state index in [2.05, 4.69) is 5.10 Å². The average Bonchev–Trinajstić information content (AvgIpc) is 2.64. The molecule has 1 aliphatic rings. The van der Waals surface area contributed by atoms with Crippen molar-refractivity contribution < 1.29 is 9.72 Å². The van der Waals surface area contributed by atoms with E-state index in [0.29, 0.717) is 0 Å². The monoisotopic (exact) mass is 252 g/mol. The number of likely N-dealkylation sites (tertiary alicyclic amines) is 1. The van der Waals surface area contributed by atoms with Gasteiger partial charge in [-0.15, -0.1) is 0 Å². The minimum Gasteiger partial charge on any atom is -0.341 e. The molecule has 18 heavy (non-hydrogen) atoms. The second kappa shape index (κ2) is 5.61. The number of rotatable bonds is 3. The molecule has 1 aromatic rings. The Morgan fingerprint density at radius 2 is 2.00 bits per heavy atom. The zero-order valence-corrected chi connectivity index (χ0v) is 10.1. The molecule has 1 saturated heterocycles. The van der Waals surface area contributed by atoms with Gasteiger partial charge in [-0.3, -0.25) is 19.6 Å². The van der Waals surface area contributed by atoms with E-state index in [1.165, 1.54) is 10.9 Å². The molecule has 0 N–H and O–H groups in total. The summed E-state index contributed by atoms with van der Waals surface area (Å²) in [6.45, 7) is 1.64. The van der Waals surface area contributed by atoms with Gasteiger partial charge in [0.2, 0.25) is 5.91 Å². The zero-order valence-electron chi connectivity index (χ0n) is 10.1. The molecule has 7 heteroatoms. The summed E-state index contributed by atoms with van der Waals surface area (Å²) in [7, 11) is 0. The predicted octanol–water partition coefficient (Wildman–Crippen LogP) is 1.19. The van der Waals surface area contributed by atoms with Crippen LogP contribution in [0.2, 0.25) is 0 Å². The lowest BCUT2D eigenvalue weighted by Crippen LogP contribution is -2.34. The molecular weight excluding hydrogens is 236 g/mol. The fourth-order valence-corrected chi connectivity index (χ4v) is 2.09. The molecule has 0 atom stereocenters. The largest absolute Gasteiger partial charge is 0.341 e. The van der Waals surface area contributed by atoms with Crippen LogP contribution in [0.4, 0.5) is 5.69 Å². The second-order valence-corrected chi connectivity index (χ2v) is 4.45. The van der Waals surface area contributed by atoms with Gasteiger partial charge in [-0.05, 0) is 12.8 Å². The van der Waals surface area contributed by atoms with E-state index in [1.54, 1.807) is 0 Å². The number of amides is 1. The number of nitrogens with zero attached hydrogens (tertiary/aromatic N) is 4. The molecule has 2 rings (SSSR count). The smallest absolute Gasteiger partial charge is 0.307 e. The van der Waals surface area contributed by atoms with E-state index in [4.69, 9.17) is 0 Å². The summed E-state index contributed by atoms with van der Waals surface area (Å²) in [6.07, 6.45) is 6.84. The highest BCUT2D eigenvalue weighted by Crippen LogP contribution is 2.11. The van der Waals surface area contributed by atoms with Crippen molar-refractivity contribution in [2.45, 2.75) is 32.2 Å². The number of aromatic nitrogens is 2. The maximum absolute atomic E-state index is 12.0. The van der Waals surface area contributed by atoms with Crippen LogP contribution in [0.3, 0.4) is 0 Å². The quantitative estimate of drug-likeness (QED) is 0.597. The minimum atomic E-state index is -0.514. The third-order valence-electron chi connectivity index (χ3n) is 3.09. The Morgan fingerprint density at radius 3 is 2.56 bits per heavy atom. The first kappa shape index (κ1) is 12.5.